The molecule has 4 aromatic rings. The van der Waals surface area contributed by atoms with Gasteiger partial charge in [0, 0.05) is 22.5 Å². The van der Waals surface area contributed by atoms with Gasteiger partial charge in [-0.15, -0.1) is 0 Å². The summed E-state index contributed by atoms with van der Waals surface area (Å²) in [6.07, 6.45) is 10.1. The molecule has 5 rings (SSSR count). The lowest BCUT2D eigenvalue weighted by Crippen LogP contribution is -2.26. The highest BCUT2D eigenvalue weighted by Crippen LogP contribution is 2.55. The number of hydrogen-bond acceptors (Lipinski definition) is 1. The predicted octanol–water partition coefficient (Wildman–Crippen LogP) is 10.6. The maximum absolute atomic E-state index is 2.52. The Morgan fingerprint density at radius 3 is 1.61 bits per heavy atom. The molecular weight excluding hydrogens is 434 g/mol. The van der Waals surface area contributed by atoms with Gasteiger partial charge in [0.25, 0.3) is 0 Å². The Hall–Kier alpha value is -3.32. The molecule has 0 unspecified atom stereocenters. The first kappa shape index (κ1) is 24.4. The van der Waals surface area contributed by atoms with Gasteiger partial charge in [0.05, 0.1) is 0 Å². The van der Waals surface area contributed by atoms with E-state index in [1.54, 1.807) is 5.56 Å². The van der Waals surface area contributed by atoms with Gasteiger partial charge in [-0.3, -0.25) is 0 Å². The second kappa shape index (κ2) is 11.2. The number of rotatable bonds is 11. The van der Waals surface area contributed by atoms with Gasteiger partial charge in [-0.1, -0.05) is 119 Å². The third-order valence-corrected chi connectivity index (χ3v) is 7.95. The van der Waals surface area contributed by atoms with Crippen LogP contribution >= 0.6 is 0 Å². The number of fused-ring (bicyclic) bond motifs is 3. The summed E-state index contributed by atoms with van der Waals surface area (Å²) in [6.45, 7) is 4.63. The quantitative estimate of drug-likeness (QED) is 0.196. The zero-order valence-corrected chi connectivity index (χ0v) is 21.9. The highest BCUT2D eigenvalue weighted by molar-refractivity contribution is 5.85. The van der Waals surface area contributed by atoms with Crippen molar-refractivity contribution >= 4 is 17.1 Å². The van der Waals surface area contributed by atoms with Gasteiger partial charge in [0.2, 0.25) is 0 Å². The molecule has 1 nitrogen and oxygen atoms in total. The van der Waals surface area contributed by atoms with E-state index < -0.39 is 0 Å². The summed E-state index contributed by atoms with van der Waals surface area (Å²) < 4.78 is 0. The Kier molecular flexibility index (Phi) is 7.56. The largest absolute Gasteiger partial charge is 0.310 e. The Balaban J connectivity index is 1.67. The number of hydrogen-bond donors (Lipinski definition) is 0. The lowest BCUT2D eigenvalue weighted by Gasteiger charge is -2.34. The minimum atomic E-state index is 0.103. The van der Waals surface area contributed by atoms with E-state index in [-0.39, 0.29) is 5.41 Å². The highest BCUT2D eigenvalue weighted by atomic mass is 15.1. The smallest absolute Gasteiger partial charge is 0.0465 e. The molecule has 36 heavy (non-hydrogen) atoms. The second-order valence-electron chi connectivity index (χ2n) is 10.3. The highest BCUT2D eigenvalue weighted by Gasteiger charge is 2.42. The number of anilines is 3. The molecule has 0 fully saturated rings. The van der Waals surface area contributed by atoms with Gasteiger partial charge in [-0.05, 0) is 71.5 Å². The SMILES string of the molecule is CCCCCC1(CCCCC)c2ccccc2-c2ccc(N(c3ccccc3)c3ccccc3)cc21. The number of unbranched alkanes of at least 4 members (excludes halogenated alkanes) is 4. The number of para-hydroxylation sites is 2. The Bertz CT molecular complexity index is 1210. The zero-order chi connectivity index (χ0) is 24.8. The average molecular weight is 474 g/mol. The summed E-state index contributed by atoms with van der Waals surface area (Å²) in [6, 6.07) is 38.0. The molecule has 0 atom stereocenters. The van der Waals surface area contributed by atoms with Crippen molar-refractivity contribution in [3.05, 3.63) is 114 Å². The van der Waals surface area contributed by atoms with Crippen LogP contribution in [0.1, 0.15) is 76.3 Å². The second-order valence-corrected chi connectivity index (χ2v) is 10.3. The van der Waals surface area contributed by atoms with E-state index in [9.17, 15) is 0 Å². The minimum absolute atomic E-state index is 0.103. The maximum atomic E-state index is 2.52. The molecule has 4 aromatic carbocycles. The van der Waals surface area contributed by atoms with E-state index in [1.165, 1.54) is 85.1 Å². The molecule has 0 saturated carbocycles. The summed E-state index contributed by atoms with van der Waals surface area (Å²) in [7, 11) is 0. The molecular formula is C35H39N. The van der Waals surface area contributed by atoms with E-state index in [0.29, 0.717) is 0 Å². The summed E-state index contributed by atoms with van der Waals surface area (Å²) in [5, 5.41) is 0. The van der Waals surface area contributed by atoms with Crippen LogP contribution < -0.4 is 4.90 Å². The van der Waals surface area contributed by atoms with Crippen LogP contribution in [0.4, 0.5) is 17.1 Å². The van der Waals surface area contributed by atoms with Gasteiger partial charge in [-0.25, -0.2) is 0 Å². The van der Waals surface area contributed by atoms with E-state index in [4.69, 9.17) is 0 Å². The maximum Gasteiger partial charge on any atom is 0.0465 e. The third-order valence-electron chi connectivity index (χ3n) is 7.95. The molecule has 1 heteroatoms. The van der Waals surface area contributed by atoms with Crippen LogP contribution in [0.25, 0.3) is 11.1 Å². The van der Waals surface area contributed by atoms with Crippen molar-refractivity contribution in [2.24, 2.45) is 0 Å². The van der Waals surface area contributed by atoms with Crippen LogP contribution in [0, 0.1) is 0 Å². The van der Waals surface area contributed by atoms with Crippen LogP contribution in [-0.2, 0) is 5.41 Å². The van der Waals surface area contributed by atoms with Gasteiger partial charge in [0.1, 0.15) is 0 Å². The number of benzene rings is 4. The van der Waals surface area contributed by atoms with Gasteiger partial charge in [-0.2, -0.15) is 0 Å². The lowest BCUT2D eigenvalue weighted by molar-refractivity contribution is 0.405. The zero-order valence-electron chi connectivity index (χ0n) is 21.9. The average Bonchev–Trinajstić information content (AvgIpc) is 3.20. The van der Waals surface area contributed by atoms with Gasteiger partial charge >= 0.3 is 0 Å². The van der Waals surface area contributed by atoms with Crippen molar-refractivity contribution in [3.8, 4) is 11.1 Å². The summed E-state index contributed by atoms with van der Waals surface area (Å²) in [4.78, 5) is 2.41. The molecule has 0 N–H and O–H groups in total. The number of nitrogens with zero attached hydrogens (tertiary/aromatic N) is 1. The van der Waals surface area contributed by atoms with Crippen molar-refractivity contribution in [1.82, 2.24) is 0 Å². The fourth-order valence-electron chi connectivity index (χ4n) is 6.20. The lowest BCUT2D eigenvalue weighted by atomic mass is 9.70. The predicted molar refractivity (Wildman–Crippen MR) is 156 cm³/mol. The Labute approximate surface area is 217 Å². The first-order valence-corrected chi connectivity index (χ1v) is 13.9. The molecule has 0 aliphatic heterocycles. The standard InChI is InChI=1S/C35H39N/c1-3-5-15-25-35(26-16-6-4-2)33-22-14-13-21-31(33)32-24-23-30(27-34(32)35)36(28-17-9-7-10-18-28)29-19-11-8-12-20-29/h7-14,17-24,27H,3-6,15-16,25-26H2,1-2H3. The van der Waals surface area contributed by atoms with Crippen molar-refractivity contribution in [2.45, 2.75) is 70.6 Å². The van der Waals surface area contributed by atoms with Crippen LogP contribution in [-0.4, -0.2) is 0 Å². The van der Waals surface area contributed by atoms with E-state index in [2.05, 4.69) is 122 Å². The molecule has 0 aromatic heterocycles. The molecule has 1 aliphatic carbocycles. The normalized spacial score (nSPS) is 13.3. The first-order valence-electron chi connectivity index (χ1n) is 13.9. The van der Waals surface area contributed by atoms with Crippen LogP contribution in [0.15, 0.2) is 103 Å². The van der Waals surface area contributed by atoms with Crippen molar-refractivity contribution in [3.63, 3.8) is 0 Å². The van der Waals surface area contributed by atoms with Crippen LogP contribution in [0.5, 0.6) is 0 Å². The van der Waals surface area contributed by atoms with Crippen LogP contribution in [0.2, 0.25) is 0 Å². The molecule has 0 heterocycles. The van der Waals surface area contributed by atoms with Crippen LogP contribution in [0.3, 0.4) is 0 Å². The summed E-state index contributed by atoms with van der Waals surface area (Å²) in [5.41, 5.74) is 9.70. The summed E-state index contributed by atoms with van der Waals surface area (Å²) in [5.74, 6) is 0. The van der Waals surface area contributed by atoms with E-state index >= 15 is 0 Å². The molecule has 0 radical (unpaired) electrons. The monoisotopic (exact) mass is 473 g/mol. The topological polar surface area (TPSA) is 3.24 Å². The van der Waals surface area contributed by atoms with Crippen molar-refractivity contribution in [1.29, 1.82) is 0 Å². The fraction of sp³-hybridized carbons (Fsp3) is 0.314. The van der Waals surface area contributed by atoms with Crippen molar-refractivity contribution < 1.29 is 0 Å². The van der Waals surface area contributed by atoms with Gasteiger partial charge in [0.15, 0.2) is 0 Å². The molecule has 0 amide bonds. The van der Waals surface area contributed by atoms with Gasteiger partial charge < -0.3 is 4.90 Å². The molecule has 0 spiro atoms. The first-order chi connectivity index (χ1) is 17.8. The molecule has 0 saturated heterocycles. The minimum Gasteiger partial charge on any atom is -0.310 e. The van der Waals surface area contributed by atoms with Crippen molar-refractivity contribution in [2.75, 3.05) is 4.90 Å². The Morgan fingerprint density at radius 2 is 1.03 bits per heavy atom. The van der Waals surface area contributed by atoms with E-state index in [0.717, 1.165) is 0 Å². The molecule has 1 aliphatic rings. The fourth-order valence-corrected chi connectivity index (χ4v) is 6.20. The molecule has 0 bridgehead atoms. The third kappa shape index (κ3) is 4.60. The summed E-state index contributed by atoms with van der Waals surface area (Å²) >= 11 is 0. The molecule has 184 valence electrons. The van der Waals surface area contributed by atoms with E-state index in [1.807, 2.05) is 0 Å². The Morgan fingerprint density at radius 1 is 0.500 bits per heavy atom.